The van der Waals surface area contributed by atoms with Gasteiger partial charge in [-0.05, 0) is 33.2 Å². The summed E-state index contributed by atoms with van der Waals surface area (Å²) < 4.78 is 0. The second kappa shape index (κ2) is 11.4. The Balaban J connectivity index is 2.21. The van der Waals surface area contributed by atoms with E-state index in [1.165, 1.54) is 0 Å². The molecule has 0 aromatic rings. The normalized spacial score (nSPS) is 15.7. The van der Waals surface area contributed by atoms with E-state index in [1.54, 1.807) is 0 Å². The molecule has 0 aromatic carbocycles. The maximum atomic E-state index is 12.2. The summed E-state index contributed by atoms with van der Waals surface area (Å²) in [6.45, 7) is 9.83. The van der Waals surface area contributed by atoms with Gasteiger partial charge in [-0.2, -0.15) is 0 Å². The first kappa shape index (κ1) is 19.9. The van der Waals surface area contributed by atoms with Gasteiger partial charge in [0.05, 0.1) is 6.54 Å². The number of unbranched alkanes of at least 4 members (excludes halogenated alkanes) is 3. The van der Waals surface area contributed by atoms with Crippen molar-refractivity contribution in [2.75, 3.05) is 52.4 Å². The monoisotopic (exact) mass is 326 g/mol. The maximum absolute atomic E-state index is 12.2. The molecule has 1 aliphatic rings. The van der Waals surface area contributed by atoms with Gasteiger partial charge in [0.2, 0.25) is 11.8 Å². The quantitative estimate of drug-likeness (QED) is 0.606. The van der Waals surface area contributed by atoms with Gasteiger partial charge in [-0.25, -0.2) is 0 Å². The molecule has 134 valence electrons. The third kappa shape index (κ3) is 7.31. The molecule has 0 aliphatic carbocycles. The van der Waals surface area contributed by atoms with Crippen molar-refractivity contribution in [3.63, 3.8) is 0 Å². The van der Waals surface area contributed by atoms with Crippen molar-refractivity contribution in [2.24, 2.45) is 5.73 Å². The fourth-order valence-corrected chi connectivity index (χ4v) is 2.96. The number of rotatable bonds is 10. The van der Waals surface area contributed by atoms with Crippen LogP contribution >= 0.6 is 0 Å². The summed E-state index contributed by atoms with van der Waals surface area (Å²) in [5, 5.41) is 0. The Hall–Kier alpha value is -1.14. The van der Waals surface area contributed by atoms with Crippen LogP contribution in [0.3, 0.4) is 0 Å². The van der Waals surface area contributed by atoms with Crippen molar-refractivity contribution in [2.45, 2.75) is 46.0 Å². The number of amides is 2. The summed E-state index contributed by atoms with van der Waals surface area (Å²) >= 11 is 0. The molecule has 1 fully saturated rings. The Morgan fingerprint density at radius 1 is 0.957 bits per heavy atom. The smallest absolute Gasteiger partial charge is 0.236 e. The predicted octanol–water partition coefficient (Wildman–Crippen LogP) is 0.908. The van der Waals surface area contributed by atoms with Crippen molar-refractivity contribution in [3.8, 4) is 0 Å². The molecule has 6 heteroatoms. The molecule has 0 aromatic heterocycles. The molecule has 1 rings (SSSR count). The van der Waals surface area contributed by atoms with Gasteiger partial charge in [0.25, 0.3) is 0 Å². The minimum absolute atomic E-state index is 0.190. The molecule has 1 aliphatic heterocycles. The molecule has 0 atom stereocenters. The highest BCUT2D eigenvalue weighted by atomic mass is 16.2. The molecule has 0 unspecified atom stereocenters. The highest BCUT2D eigenvalue weighted by Crippen LogP contribution is 2.08. The van der Waals surface area contributed by atoms with Crippen LogP contribution in [0.25, 0.3) is 0 Å². The van der Waals surface area contributed by atoms with Gasteiger partial charge in [-0.1, -0.05) is 12.8 Å². The zero-order chi connectivity index (χ0) is 17.1. The fraction of sp³-hybridized carbons (Fsp3) is 0.882. The van der Waals surface area contributed by atoms with Crippen molar-refractivity contribution < 1.29 is 9.59 Å². The van der Waals surface area contributed by atoms with Gasteiger partial charge in [-0.15, -0.1) is 0 Å². The molecule has 23 heavy (non-hydrogen) atoms. The molecule has 6 nitrogen and oxygen atoms in total. The van der Waals surface area contributed by atoms with E-state index in [2.05, 4.69) is 4.90 Å². The van der Waals surface area contributed by atoms with Gasteiger partial charge in [-0.3, -0.25) is 14.5 Å². The summed E-state index contributed by atoms with van der Waals surface area (Å²) in [5.74, 6) is 0.446. The summed E-state index contributed by atoms with van der Waals surface area (Å²) in [5.41, 5.74) is 5.46. The summed E-state index contributed by atoms with van der Waals surface area (Å²) in [6, 6.07) is 0. The van der Waals surface area contributed by atoms with Crippen LogP contribution in [0.5, 0.6) is 0 Å². The largest absolute Gasteiger partial charge is 0.342 e. The zero-order valence-corrected chi connectivity index (χ0v) is 14.9. The average molecular weight is 326 g/mol. The van der Waals surface area contributed by atoms with E-state index >= 15 is 0 Å². The summed E-state index contributed by atoms with van der Waals surface area (Å²) in [7, 11) is 0. The van der Waals surface area contributed by atoms with Gasteiger partial charge in [0.15, 0.2) is 0 Å². The van der Waals surface area contributed by atoms with Gasteiger partial charge >= 0.3 is 0 Å². The molecule has 2 amide bonds. The lowest BCUT2D eigenvalue weighted by molar-refractivity contribution is -0.135. The van der Waals surface area contributed by atoms with Gasteiger partial charge < -0.3 is 15.5 Å². The van der Waals surface area contributed by atoms with Crippen LogP contribution in [0.2, 0.25) is 0 Å². The van der Waals surface area contributed by atoms with Crippen molar-refractivity contribution >= 4 is 11.8 Å². The van der Waals surface area contributed by atoms with Crippen LogP contribution in [-0.2, 0) is 9.59 Å². The first-order valence-electron chi connectivity index (χ1n) is 9.10. The van der Waals surface area contributed by atoms with Gasteiger partial charge in [0.1, 0.15) is 0 Å². The van der Waals surface area contributed by atoms with E-state index in [1.807, 2.05) is 23.6 Å². The van der Waals surface area contributed by atoms with E-state index < -0.39 is 0 Å². The molecule has 1 saturated heterocycles. The number of nitrogens with two attached hydrogens (primary N) is 1. The number of carbonyl (C=O) groups is 2. The molecular formula is C17H34N4O2. The topological polar surface area (TPSA) is 69.9 Å². The Morgan fingerprint density at radius 2 is 1.57 bits per heavy atom. The minimum Gasteiger partial charge on any atom is -0.342 e. The molecule has 0 radical (unpaired) electrons. The predicted molar refractivity (Wildman–Crippen MR) is 93.1 cm³/mol. The van der Waals surface area contributed by atoms with E-state index in [4.69, 9.17) is 5.73 Å². The van der Waals surface area contributed by atoms with E-state index in [0.29, 0.717) is 13.0 Å². The number of nitrogens with zero attached hydrogens (tertiary/aromatic N) is 3. The first-order chi connectivity index (χ1) is 11.1. The second-order valence-electron chi connectivity index (χ2n) is 6.18. The molecule has 0 spiro atoms. The SMILES string of the molecule is CCN(CC)C(=O)CN1CCN(C(=O)CCCCCCN)CC1. The van der Waals surface area contributed by atoms with Crippen LogP contribution < -0.4 is 5.73 Å². The van der Waals surface area contributed by atoms with Crippen LogP contribution in [0.15, 0.2) is 0 Å². The van der Waals surface area contributed by atoms with E-state index in [0.717, 1.165) is 71.5 Å². The summed E-state index contributed by atoms with van der Waals surface area (Å²) in [4.78, 5) is 30.2. The molecule has 1 heterocycles. The van der Waals surface area contributed by atoms with Crippen molar-refractivity contribution in [1.82, 2.24) is 14.7 Å². The van der Waals surface area contributed by atoms with Gasteiger partial charge in [0, 0.05) is 45.7 Å². The fourth-order valence-electron chi connectivity index (χ4n) is 2.96. The lowest BCUT2D eigenvalue weighted by Crippen LogP contribution is -2.51. The number of piperazine rings is 1. The lowest BCUT2D eigenvalue weighted by atomic mass is 10.1. The molecule has 2 N–H and O–H groups in total. The van der Waals surface area contributed by atoms with Crippen LogP contribution in [0.4, 0.5) is 0 Å². The minimum atomic E-state index is 0.190. The van der Waals surface area contributed by atoms with Crippen molar-refractivity contribution in [1.29, 1.82) is 0 Å². The Kier molecular flexibility index (Phi) is 9.87. The van der Waals surface area contributed by atoms with Crippen LogP contribution in [-0.4, -0.2) is 78.9 Å². The van der Waals surface area contributed by atoms with Crippen LogP contribution in [0.1, 0.15) is 46.0 Å². The first-order valence-corrected chi connectivity index (χ1v) is 9.10. The highest BCUT2D eigenvalue weighted by molar-refractivity contribution is 5.78. The number of carbonyl (C=O) groups excluding carboxylic acids is 2. The summed E-state index contributed by atoms with van der Waals surface area (Å²) in [6.07, 6.45) is 4.85. The zero-order valence-electron chi connectivity index (χ0n) is 14.9. The second-order valence-corrected chi connectivity index (χ2v) is 6.18. The molecule has 0 saturated carbocycles. The van der Waals surface area contributed by atoms with Crippen LogP contribution in [0, 0.1) is 0 Å². The van der Waals surface area contributed by atoms with E-state index in [-0.39, 0.29) is 11.8 Å². The number of hydrogen-bond acceptors (Lipinski definition) is 4. The molecular weight excluding hydrogens is 292 g/mol. The number of hydrogen-bond donors (Lipinski definition) is 1. The molecule has 0 bridgehead atoms. The third-order valence-corrected chi connectivity index (χ3v) is 4.54. The Bertz CT molecular complexity index is 351. The third-order valence-electron chi connectivity index (χ3n) is 4.54. The number of likely N-dealkylation sites (N-methyl/N-ethyl adjacent to an activating group) is 1. The standard InChI is InChI=1S/C17H34N4O2/c1-3-20(4-2)17(23)15-19-11-13-21(14-12-19)16(22)9-7-5-6-8-10-18/h3-15,18H2,1-2H3. The highest BCUT2D eigenvalue weighted by Gasteiger charge is 2.23. The lowest BCUT2D eigenvalue weighted by Gasteiger charge is -2.35. The maximum Gasteiger partial charge on any atom is 0.236 e. The van der Waals surface area contributed by atoms with Crippen molar-refractivity contribution in [3.05, 3.63) is 0 Å². The Labute approximate surface area is 141 Å². The Morgan fingerprint density at radius 3 is 2.13 bits per heavy atom. The average Bonchev–Trinajstić information content (AvgIpc) is 2.56. The van der Waals surface area contributed by atoms with E-state index in [9.17, 15) is 9.59 Å².